The summed E-state index contributed by atoms with van der Waals surface area (Å²) in [5.74, 6) is 0. The zero-order valence-corrected chi connectivity index (χ0v) is 17.4. The van der Waals surface area contributed by atoms with Gasteiger partial charge in [0, 0.05) is 0 Å². The first-order valence-electron chi connectivity index (χ1n) is 3.29. The normalized spacial score (nSPS) is 5.54. The maximum atomic E-state index is 8.25. The minimum absolute atomic E-state index is 0. The van der Waals surface area contributed by atoms with Gasteiger partial charge in [0.1, 0.15) is 0 Å². The van der Waals surface area contributed by atoms with Crippen LogP contribution in [0.2, 0.25) is 0 Å². The van der Waals surface area contributed by atoms with Crippen LogP contribution in [0.3, 0.4) is 0 Å². The van der Waals surface area contributed by atoms with E-state index in [1.54, 1.807) is 0 Å². The molecule has 0 atom stereocenters. The maximum Gasteiger partial charge on any atom is 3.00 e. The van der Waals surface area contributed by atoms with Crippen molar-refractivity contribution in [2.75, 3.05) is 0 Å². The van der Waals surface area contributed by atoms with E-state index < -0.39 is 30.5 Å². The van der Waals surface area contributed by atoms with E-state index >= 15 is 0 Å². The third kappa shape index (κ3) is 2170. The molecule has 24 nitrogen and oxygen atoms in total. The van der Waals surface area contributed by atoms with Gasteiger partial charge in [-0.15, -0.1) is 0 Å². The van der Waals surface area contributed by atoms with Crippen molar-refractivity contribution in [2.45, 2.75) is 0 Å². The molecule has 0 aromatic rings. The molecule has 0 heterocycles. The average molecular weight is 661 g/mol. The van der Waals surface area contributed by atoms with Crippen molar-refractivity contribution < 1.29 is 112 Å². The Morgan fingerprint density at radius 2 is 0.269 bits per heavy atom. The zero-order valence-electron chi connectivity index (χ0n) is 11.0. The van der Waals surface area contributed by atoms with E-state index in [-0.39, 0.29) is 81.7 Å². The van der Waals surface area contributed by atoms with Crippen LogP contribution in [0.4, 0.5) is 0 Å². The van der Waals surface area contributed by atoms with Gasteiger partial charge in [0.15, 0.2) is 0 Å². The average Bonchev–Trinajstić information content (AvgIpc) is 2.08. The number of hydrogen-bond acceptors (Lipinski definition) is 18. The predicted octanol–water partition coefficient (Wildman–Crippen LogP) is -1.43. The molecule has 0 aromatic carbocycles. The molecule has 0 rings (SSSR count). The summed E-state index contributed by atoms with van der Waals surface area (Å²) in [5, 5.41) is 88.5. The van der Waals surface area contributed by atoms with Gasteiger partial charge in [-0.1, -0.05) is 0 Å². The molecular formula is N6Nd2O18. The molecule has 146 valence electrons. The van der Waals surface area contributed by atoms with Crippen LogP contribution >= 0.6 is 0 Å². The van der Waals surface area contributed by atoms with Crippen molar-refractivity contribution in [3.05, 3.63) is 91.9 Å². The Morgan fingerprint density at radius 1 is 0.269 bits per heavy atom. The fourth-order valence-corrected chi connectivity index (χ4v) is 0. The van der Waals surface area contributed by atoms with Gasteiger partial charge in [0.05, 0.1) is 30.5 Å². The number of rotatable bonds is 0. The molecule has 0 aliphatic heterocycles. The van der Waals surface area contributed by atoms with Gasteiger partial charge >= 0.3 is 81.7 Å². The smallest absolute Gasteiger partial charge is 0.356 e. The Balaban J connectivity index is -0.0000000245. The summed E-state index contributed by atoms with van der Waals surface area (Å²) in [6.45, 7) is 0. The van der Waals surface area contributed by atoms with Gasteiger partial charge in [-0.2, -0.15) is 0 Å². The van der Waals surface area contributed by atoms with Crippen LogP contribution in [0.1, 0.15) is 0 Å². The summed E-state index contributed by atoms with van der Waals surface area (Å²) in [6, 6.07) is 0. The molecule has 0 bridgehead atoms. The van der Waals surface area contributed by atoms with E-state index in [1.807, 2.05) is 0 Å². The minimum atomic E-state index is -1.75. The minimum Gasteiger partial charge on any atom is -0.356 e. The Morgan fingerprint density at radius 3 is 0.269 bits per heavy atom. The largest absolute Gasteiger partial charge is 3.00 e. The van der Waals surface area contributed by atoms with Crippen LogP contribution in [0.25, 0.3) is 0 Å². The van der Waals surface area contributed by atoms with E-state index in [2.05, 4.69) is 0 Å². The summed E-state index contributed by atoms with van der Waals surface area (Å²) >= 11 is 0. The third-order valence-electron chi connectivity index (χ3n) is 0. The molecule has 26 heteroatoms. The molecule has 0 aromatic heterocycles. The molecule has 0 aliphatic carbocycles. The van der Waals surface area contributed by atoms with Gasteiger partial charge in [0.2, 0.25) is 0 Å². The fraction of sp³-hybridized carbons (Fsp3) is 0. The van der Waals surface area contributed by atoms with Crippen molar-refractivity contribution in [2.24, 2.45) is 0 Å². The van der Waals surface area contributed by atoms with Crippen LogP contribution < -0.4 is 0 Å². The summed E-state index contributed by atoms with van der Waals surface area (Å²) in [7, 11) is 0. The van der Waals surface area contributed by atoms with Crippen molar-refractivity contribution in [1.29, 1.82) is 0 Å². The molecule has 0 fully saturated rings. The summed E-state index contributed by atoms with van der Waals surface area (Å²) in [4.78, 5) is 49.5. The molecular weight excluding hydrogens is 661 g/mol. The maximum absolute atomic E-state index is 8.25. The molecule has 2 radical (unpaired) electrons. The van der Waals surface area contributed by atoms with E-state index in [0.29, 0.717) is 0 Å². The summed E-state index contributed by atoms with van der Waals surface area (Å²) < 4.78 is 0. The fourth-order valence-electron chi connectivity index (χ4n) is 0. The molecule has 0 saturated heterocycles. The predicted molar refractivity (Wildman–Crippen MR) is 62.2 cm³/mol. The second kappa shape index (κ2) is 43.4. The summed E-state index contributed by atoms with van der Waals surface area (Å²) in [5.41, 5.74) is 0. The SMILES string of the molecule is O=[N+]([O-])[O-].O=[N+]([O-])[O-].O=[N+]([O-])[O-].O=[N+]([O-])[O-].O=[N+]([O-])[O-].O=[N+]([O-])[O-].[Nd+3].[Nd+3]. The second-order valence-electron chi connectivity index (χ2n) is 1.34. The number of hydrogen-bond donors (Lipinski definition) is 0. The van der Waals surface area contributed by atoms with Gasteiger partial charge in [-0.25, -0.2) is 0 Å². The number of nitrogens with zero attached hydrogens (tertiary/aromatic N) is 6. The first-order chi connectivity index (χ1) is 10.4. The van der Waals surface area contributed by atoms with Gasteiger partial charge in [0.25, 0.3) is 0 Å². The topological polar surface area (TPSA) is 397 Å². The van der Waals surface area contributed by atoms with E-state index in [0.717, 1.165) is 0 Å². The monoisotopic (exact) mass is 656 g/mol. The Hall–Kier alpha value is -2.10. The van der Waals surface area contributed by atoms with Crippen LogP contribution in [-0.2, 0) is 0 Å². The van der Waals surface area contributed by atoms with E-state index in [1.165, 1.54) is 0 Å². The first kappa shape index (κ1) is 49.6. The van der Waals surface area contributed by atoms with Gasteiger partial charge < -0.3 is 91.9 Å². The van der Waals surface area contributed by atoms with Crippen molar-refractivity contribution in [3.63, 3.8) is 0 Å². The molecule has 0 N–H and O–H groups in total. The van der Waals surface area contributed by atoms with Crippen molar-refractivity contribution in [3.8, 4) is 0 Å². The summed E-state index contributed by atoms with van der Waals surface area (Å²) in [6.07, 6.45) is 0. The quantitative estimate of drug-likeness (QED) is 0.212. The Bertz CT molecular complexity index is 261. The van der Waals surface area contributed by atoms with Crippen molar-refractivity contribution in [1.82, 2.24) is 0 Å². The standard InChI is InChI=1S/6NO3.2Nd/c6*2-1(3)4;;/q6*-1;2*+3. The Kier molecular flexibility index (Phi) is 82.8. The molecule has 0 unspecified atom stereocenters. The second-order valence-corrected chi connectivity index (χ2v) is 1.34. The van der Waals surface area contributed by atoms with Gasteiger partial charge in [-0.3, -0.25) is 0 Å². The Labute approximate surface area is 202 Å². The third-order valence-corrected chi connectivity index (χ3v) is 0. The van der Waals surface area contributed by atoms with Gasteiger partial charge in [-0.05, 0) is 0 Å². The molecule has 0 spiro atoms. The molecule has 0 amide bonds. The van der Waals surface area contributed by atoms with Crippen LogP contribution in [0.5, 0.6) is 0 Å². The van der Waals surface area contributed by atoms with Crippen molar-refractivity contribution >= 4 is 0 Å². The first-order valence-corrected chi connectivity index (χ1v) is 3.29. The van der Waals surface area contributed by atoms with Crippen LogP contribution in [0, 0.1) is 174 Å². The van der Waals surface area contributed by atoms with E-state index in [4.69, 9.17) is 91.9 Å². The molecule has 26 heavy (non-hydrogen) atoms. The zero-order chi connectivity index (χ0) is 21.5. The van der Waals surface area contributed by atoms with Crippen LogP contribution in [0.15, 0.2) is 0 Å². The molecule has 0 saturated carbocycles. The van der Waals surface area contributed by atoms with E-state index in [9.17, 15) is 0 Å². The van der Waals surface area contributed by atoms with Crippen LogP contribution in [-0.4, -0.2) is 30.5 Å². The molecule has 0 aliphatic rings.